The van der Waals surface area contributed by atoms with Crippen molar-refractivity contribution in [3.8, 4) is 16.9 Å². The standard InChI is InChI=1S/C24H23F3N2O2S/c1-15(28-2)23(30)29-11-10-17-12-18(8-9-21(17)29)31-14-19-13-20(16-6-4-3-5-7-16)22(32-19)24(25,26)27/h3-9,12-13,15,28H,10-11,14H2,1-2H3/t15-/m0/s1. The molecular formula is C24H23F3N2O2S. The molecule has 0 saturated heterocycles. The van der Waals surface area contributed by atoms with Crippen LogP contribution in [0.3, 0.4) is 0 Å². The molecule has 1 aromatic heterocycles. The number of rotatable bonds is 6. The zero-order chi connectivity index (χ0) is 22.9. The molecule has 0 aliphatic carbocycles. The number of hydrogen-bond donors (Lipinski definition) is 1. The van der Waals surface area contributed by atoms with Gasteiger partial charge in [-0.3, -0.25) is 4.79 Å². The number of thiophene rings is 1. The van der Waals surface area contributed by atoms with E-state index in [4.69, 9.17) is 4.74 Å². The highest BCUT2D eigenvalue weighted by Crippen LogP contribution is 2.43. The normalized spacial score (nSPS) is 14.3. The fourth-order valence-electron chi connectivity index (χ4n) is 3.76. The lowest BCUT2D eigenvalue weighted by atomic mass is 10.1. The van der Waals surface area contributed by atoms with Gasteiger partial charge in [0, 0.05) is 22.7 Å². The van der Waals surface area contributed by atoms with Gasteiger partial charge >= 0.3 is 6.18 Å². The Morgan fingerprint density at radius 3 is 2.62 bits per heavy atom. The first-order valence-corrected chi connectivity index (χ1v) is 11.1. The zero-order valence-electron chi connectivity index (χ0n) is 17.7. The quantitative estimate of drug-likeness (QED) is 0.528. The molecule has 8 heteroatoms. The van der Waals surface area contributed by atoms with Gasteiger partial charge in [0.15, 0.2) is 0 Å². The van der Waals surface area contributed by atoms with Gasteiger partial charge in [0.25, 0.3) is 0 Å². The van der Waals surface area contributed by atoms with Crippen molar-refractivity contribution < 1.29 is 22.7 Å². The Hall–Kier alpha value is -2.84. The van der Waals surface area contributed by atoms with Gasteiger partial charge in [-0.25, -0.2) is 0 Å². The van der Waals surface area contributed by atoms with E-state index < -0.39 is 11.1 Å². The highest BCUT2D eigenvalue weighted by Gasteiger charge is 2.36. The first-order chi connectivity index (χ1) is 15.3. The Morgan fingerprint density at radius 2 is 1.94 bits per heavy atom. The van der Waals surface area contributed by atoms with E-state index in [9.17, 15) is 18.0 Å². The monoisotopic (exact) mass is 460 g/mol. The summed E-state index contributed by atoms with van der Waals surface area (Å²) >= 11 is 0.706. The number of fused-ring (bicyclic) bond motifs is 1. The molecule has 168 valence electrons. The molecule has 0 fully saturated rings. The molecule has 0 unspecified atom stereocenters. The third kappa shape index (κ3) is 4.52. The maximum absolute atomic E-state index is 13.6. The second kappa shape index (κ2) is 8.96. The zero-order valence-corrected chi connectivity index (χ0v) is 18.5. The first-order valence-electron chi connectivity index (χ1n) is 10.3. The summed E-state index contributed by atoms with van der Waals surface area (Å²) in [5.41, 5.74) is 2.54. The van der Waals surface area contributed by atoms with Crippen LogP contribution >= 0.6 is 11.3 Å². The van der Waals surface area contributed by atoms with Crippen molar-refractivity contribution >= 4 is 22.9 Å². The Bertz CT molecular complexity index is 1110. The molecule has 0 saturated carbocycles. The Labute approximate surface area is 188 Å². The van der Waals surface area contributed by atoms with Crippen LogP contribution in [0.25, 0.3) is 11.1 Å². The molecule has 4 nitrogen and oxygen atoms in total. The number of halogens is 3. The number of alkyl halides is 3. The number of nitrogens with zero attached hydrogens (tertiary/aromatic N) is 1. The summed E-state index contributed by atoms with van der Waals surface area (Å²) in [5.74, 6) is 0.578. The van der Waals surface area contributed by atoms with Gasteiger partial charge in [0.1, 0.15) is 17.2 Å². The smallest absolute Gasteiger partial charge is 0.426 e. The summed E-state index contributed by atoms with van der Waals surface area (Å²) in [6.07, 6.45) is -3.72. The van der Waals surface area contributed by atoms with Crippen LogP contribution in [0.1, 0.15) is 22.2 Å². The summed E-state index contributed by atoms with van der Waals surface area (Å²) in [7, 11) is 1.74. The van der Waals surface area contributed by atoms with Crippen LogP contribution in [-0.2, 0) is 24.0 Å². The Kier molecular flexibility index (Phi) is 6.26. The van der Waals surface area contributed by atoms with Crippen LogP contribution in [0, 0.1) is 0 Å². The van der Waals surface area contributed by atoms with Gasteiger partial charge in [-0.05, 0) is 55.8 Å². The van der Waals surface area contributed by atoms with E-state index in [1.54, 1.807) is 54.4 Å². The number of ether oxygens (including phenoxy) is 1. The highest BCUT2D eigenvalue weighted by atomic mass is 32.1. The van der Waals surface area contributed by atoms with Gasteiger partial charge in [-0.15, -0.1) is 11.3 Å². The molecule has 0 spiro atoms. The van der Waals surface area contributed by atoms with Gasteiger partial charge in [-0.2, -0.15) is 13.2 Å². The number of likely N-dealkylation sites (N-methyl/N-ethyl adjacent to an activating group) is 1. The van der Waals surface area contributed by atoms with E-state index in [1.165, 1.54) is 0 Å². The molecule has 1 amide bonds. The van der Waals surface area contributed by atoms with Crippen molar-refractivity contribution in [3.63, 3.8) is 0 Å². The molecule has 1 N–H and O–H groups in total. The van der Waals surface area contributed by atoms with E-state index in [-0.39, 0.29) is 24.1 Å². The van der Waals surface area contributed by atoms with Gasteiger partial charge in [-0.1, -0.05) is 30.3 Å². The number of nitrogens with one attached hydrogen (secondary N) is 1. The SMILES string of the molecule is CN[C@@H](C)C(=O)N1CCc2cc(OCc3cc(-c4ccccc4)c(C(F)(F)F)s3)ccc21. The van der Waals surface area contributed by atoms with Crippen molar-refractivity contribution in [1.29, 1.82) is 0 Å². The van der Waals surface area contributed by atoms with Crippen LogP contribution in [0.4, 0.5) is 18.9 Å². The van der Waals surface area contributed by atoms with Gasteiger partial charge in [0.05, 0.1) is 6.04 Å². The minimum atomic E-state index is -4.43. The van der Waals surface area contributed by atoms with E-state index in [1.807, 2.05) is 19.1 Å². The van der Waals surface area contributed by atoms with E-state index in [2.05, 4.69) is 5.32 Å². The van der Waals surface area contributed by atoms with Crippen LogP contribution in [0.5, 0.6) is 5.75 Å². The lowest BCUT2D eigenvalue weighted by molar-refractivity contribution is -0.133. The van der Waals surface area contributed by atoms with Crippen molar-refractivity contribution in [2.45, 2.75) is 32.2 Å². The fraction of sp³-hybridized carbons (Fsp3) is 0.292. The largest absolute Gasteiger partial charge is 0.488 e. The predicted molar refractivity (Wildman–Crippen MR) is 120 cm³/mol. The summed E-state index contributed by atoms with van der Waals surface area (Å²) in [6, 6.07) is 15.3. The first kappa shape index (κ1) is 22.4. The molecule has 1 aliphatic rings. The summed E-state index contributed by atoms with van der Waals surface area (Å²) in [5, 5.41) is 2.96. The lowest BCUT2D eigenvalue weighted by Gasteiger charge is -2.21. The minimum absolute atomic E-state index is 0.00613. The van der Waals surface area contributed by atoms with E-state index in [0.717, 1.165) is 11.3 Å². The molecule has 4 rings (SSSR count). The van der Waals surface area contributed by atoms with Gasteiger partial charge in [0.2, 0.25) is 5.91 Å². The highest BCUT2D eigenvalue weighted by molar-refractivity contribution is 7.12. The van der Waals surface area contributed by atoms with Crippen LogP contribution in [0.2, 0.25) is 0 Å². The number of amides is 1. The molecule has 32 heavy (non-hydrogen) atoms. The Balaban J connectivity index is 1.51. The third-order valence-electron chi connectivity index (χ3n) is 5.52. The molecule has 3 aromatic rings. The number of hydrogen-bond acceptors (Lipinski definition) is 4. The van der Waals surface area contributed by atoms with Gasteiger partial charge < -0.3 is 15.0 Å². The maximum Gasteiger partial charge on any atom is 0.426 e. The molecule has 2 heterocycles. The second-order valence-electron chi connectivity index (χ2n) is 7.65. The van der Waals surface area contributed by atoms with Crippen LogP contribution in [0.15, 0.2) is 54.6 Å². The molecule has 1 atom stereocenters. The number of carbonyl (C=O) groups is 1. The number of carbonyl (C=O) groups excluding carboxylic acids is 1. The lowest BCUT2D eigenvalue weighted by Crippen LogP contribution is -2.42. The van der Waals surface area contributed by atoms with E-state index in [0.29, 0.717) is 40.5 Å². The molecule has 2 aromatic carbocycles. The summed E-state index contributed by atoms with van der Waals surface area (Å²) in [4.78, 5) is 14.1. The fourth-order valence-corrected chi connectivity index (χ4v) is 4.72. The van der Waals surface area contributed by atoms with E-state index >= 15 is 0 Å². The summed E-state index contributed by atoms with van der Waals surface area (Å²) in [6.45, 7) is 2.46. The third-order valence-corrected chi connectivity index (χ3v) is 6.68. The molecule has 0 radical (unpaired) electrons. The average molecular weight is 461 g/mol. The van der Waals surface area contributed by atoms with Crippen LogP contribution in [-0.4, -0.2) is 25.5 Å². The van der Waals surface area contributed by atoms with Crippen molar-refractivity contribution in [1.82, 2.24) is 5.32 Å². The summed E-state index contributed by atoms with van der Waals surface area (Å²) < 4.78 is 46.6. The number of anilines is 1. The predicted octanol–water partition coefficient (Wildman–Crippen LogP) is 5.51. The second-order valence-corrected chi connectivity index (χ2v) is 8.79. The minimum Gasteiger partial charge on any atom is -0.488 e. The maximum atomic E-state index is 13.6. The van der Waals surface area contributed by atoms with Crippen LogP contribution < -0.4 is 15.0 Å². The van der Waals surface area contributed by atoms with Crippen molar-refractivity contribution in [3.05, 3.63) is 69.9 Å². The number of benzene rings is 2. The topological polar surface area (TPSA) is 41.6 Å². The molecular weight excluding hydrogens is 437 g/mol. The van der Waals surface area contributed by atoms with Crippen molar-refractivity contribution in [2.75, 3.05) is 18.5 Å². The van der Waals surface area contributed by atoms with Crippen molar-refractivity contribution in [2.24, 2.45) is 0 Å². The molecule has 0 bridgehead atoms. The molecule has 1 aliphatic heterocycles. The average Bonchev–Trinajstić information content (AvgIpc) is 3.41. The Morgan fingerprint density at radius 1 is 1.19 bits per heavy atom.